The lowest BCUT2D eigenvalue weighted by Crippen LogP contribution is -2.65. The van der Waals surface area contributed by atoms with Crippen molar-refractivity contribution in [1.29, 1.82) is 0 Å². The topological polar surface area (TPSA) is 361 Å². The minimum Gasteiger partial charge on any atom is -0.462 e. The van der Waals surface area contributed by atoms with Crippen molar-refractivity contribution in [2.45, 2.75) is 242 Å². The van der Waals surface area contributed by atoms with Gasteiger partial charge in [0.2, 0.25) is 0 Å². The maximum Gasteiger partial charge on any atom is 0.397 e. The molecule has 27 atom stereocenters. The number of esters is 2. The van der Waals surface area contributed by atoms with Gasteiger partial charge in [-0.05, 0) is 102 Å². The van der Waals surface area contributed by atoms with Gasteiger partial charge in [-0.15, -0.1) is 0 Å². The first-order valence-corrected chi connectivity index (χ1v) is 29.7. The fraction of sp³-hybridized carbons (Fsp3) is 0.891. The molecule has 3 saturated carbocycles. The number of cyclic esters (lactones) is 1. The van der Waals surface area contributed by atoms with Gasteiger partial charge in [0, 0.05) is 19.4 Å². The molecule has 4 aliphatic carbocycles. The zero-order valence-corrected chi connectivity index (χ0v) is 48.5. The molecule has 20 unspecified atom stereocenters. The molecule has 26 heteroatoms. The van der Waals surface area contributed by atoms with Gasteiger partial charge in [0.05, 0.1) is 43.4 Å². The molecule has 0 aromatic heterocycles. The number of ether oxygens (including phenoxy) is 11. The Morgan fingerprint density at radius 1 is 0.765 bits per heavy atom. The zero-order valence-electron chi connectivity index (χ0n) is 47.7. The van der Waals surface area contributed by atoms with E-state index in [1.807, 2.05) is 20.8 Å². The van der Waals surface area contributed by atoms with Crippen molar-refractivity contribution in [2.24, 2.45) is 39.4 Å². The van der Waals surface area contributed by atoms with Crippen LogP contribution in [-0.4, -0.2) is 221 Å². The van der Waals surface area contributed by atoms with E-state index in [1.54, 1.807) is 0 Å². The third kappa shape index (κ3) is 11.1. The Bertz CT molecular complexity index is 2460. The van der Waals surface area contributed by atoms with E-state index in [4.69, 9.17) is 56.3 Å². The van der Waals surface area contributed by atoms with Crippen molar-refractivity contribution < 1.29 is 120 Å². The number of hydrogen-bond donors (Lipinski definition) is 9. The van der Waals surface area contributed by atoms with E-state index in [0.717, 1.165) is 5.57 Å². The van der Waals surface area contributed by atoms with Gasteiger partial charge in [-0.1, -0.05) is 51.0 Å². The van der Waals surface area contributed by atoms with Crippen LogP contribution in [0.25, 0.3) is 0 Å². The predicted molar refractivity (Wildman–Crippen MR) is 276 cm³/mol. The Labute approximate surface area is 472 Å². The van der Waals surface area contributed by atoms with Crippen LogP contribution >= 0.6 is 0 Å². The second-order valence-corrected chi connectivity index (χ2v) is 26.6. The van der Waals surface area contributed by atoms with E-state index in [0.29, 0.717) is 51.4 Å². The van der Waals surface area contributed by atoms with E-state index < -0.39 is 181 Å². The Balaban J connectivity index is 0.908. The number of rotatable bonds is 16. The Morgan fingerprint density at radius 3 is 2.07 bits per heavy atom. The average Bonchev–Trinajstić information content (AvgIpc) is 1.75. The molecular weight excluding hydrogens is 1090 g/mol. The number of carbonyl (C=O) groups excluding carboxylic acids is 2. The highest BCUT2D eigenvalue weighted by Gasteiger charge is 2.79. The number of allylic oxidation sites excluding steroid dienone is 4. The number of carbonyl (C=O) groups is 2. The van der Waals surface area contributed by atoms with Crippen LogP contribution < -0.4 is 0 Å². The molecule has 81 heavy (non-hydrogen) atoms. The van der Waals surface area contributed by atoms with Crippen LogP contribution in [0.1, 0.15) is 114 Å². The monoisotopic (exact) mass is 1180 g/mol. The zero-order chi connectivity index (χ0) is 59.3. The minimum absolute atomic E-state index is 0.0129. The lowest BCUT2D eigenvalue weighted by Gasteiger charge is -2.64. The minimum atomic E-state index is -5.16. The number of methoxy groups -OCH3 is 1. The Hall–Kier alpha value is -2.39. The largest absolute Gasteiger partial charge is 0.462 e. The fourth-order valence-corrected chi connectivity index (χ4v) is 16.8. The highest BCUT2D eigenvalue weighted by atomic mass is 32.3. The van der Waals surface area contributed by atoms with Crippen LogP contribution in [0.4, 0.5) is 0 Å². The van der Waals surface area contributed by atoms with Crippen molar-refractivity contribution in [1.82, 2.24) is 0 Å². The van der Waals surface area contributed by atoms with Crippen LogP contribution in [0.3, 0.4) is 0 Å². The molecule has 9 N–H and O–H groups in total. The van der Waals surface area contributed by atoms with Crippen molar-refractivity contribution in [3.63, 3.8) is 0 Å². The summed E-state index contributed by atoms with van der Waals surface area (Å²) in [5.41, 5.74) is -1.02. The molecule has 9 aliphatic rings. The lowest BCUT2D eigenvalue weighted by molar-refractivity contribution is -0.382. The summed E-state index contributed by atoms with van der Waals surface area (Å²) in [6, 6.07) is 0. The van der Waals surface area contributed by atoms with Crippen LogP contribution in [0.15, 0.2) is 23.3 Å². The molecular formula is C55H86O25S. The second-order valence-electron chi connectivity index (χ2n) is 25.6. The SMILES string of the molecule is COC1C(O)C(CO)OC(OC2C(O)COC(OC3C(C)OC(OC4C(O[C@H]5CC[C@]6(C)C7CC[C@]89C(=O)O[C@@](C)(CCC=C(C)C)[C@H]8[C@H](OC(C)=O)C[C@@]9(C)C7=CCC6C5(C)C)OCC(OS(=O)(=O)O)C4O)C(O)C3O)C2O)C1O. The van der Waals surface area contributed by atoms with Crippen LogP contribution in [0.2, 0.25) is 0 Å². The fourth-order valence-electron chi connectivity index (χ4n) is 16.3. The number of fused-ring (bicyclic) bond motifs is 4. The summed E-state index contributed by atoms with van der Waals surface area (Å²) >= 11 is 0. The van der Waals surface area contributed by atoms with Crippen molar-refractivity contribution in [3.05, 3.63) is 23.3 Å². The van der Waals surface area contributed by atoms with E-state index in [1.165, 1.54) is 26.5 Å². The molecule has 1 spiro atoms. The van der Waals surface area contributed by atoms with Crippen LogP contribution in [-0.2, 0) is 76.3 Å². The Kier molecular flexibility index (Phi) is 18.2. The summed E-state index contributed by atoms with van der Waals surface area (Å²) < 4.78 is 104. The second kappa shape index (κ2) is 23.4. The molecule has 8 fully saturated rings. The molecule has 9 rings (SSSR count). The maximum atomic E-state index is 14.7. The van der Waals surface area contributed by atoms with E-state index in [2.05, 4.69) is 39.8 Å². The highest BCUT2D eigenvalue weighted by molar-refractivity contribution is 7.80. The lowest BCUT2D eigenvalue weighted by atomic mass is 9.41. The van der Waals surface area contributed by atoms with Gasteiger partial charge >= 0.3 is 22.3 Å². The van der Waals surface area contributed by atoms with Gasteiger partial charge in [-0.3, -0.25) is 14.1 Å². The van der Waals surface area contributed by atoms with E-state index in [9.17, 15) is 63.4 Å². The van der Waals surface area contributed by atoms with Crippen molar-refractivity contribution in [2.75, 3.05) is 26.9 Å². The molecule has 5 heterocycles. The van der Waals surface area contributed by atoms with E-state index in [-0.39, 0.29) is 29.1 Å². The van der Waals surface area contributed by atoms with Gasteiger partial charge < -0.3 is 93.0 Å². The first kappa shape index (κ1) is 63.1. The van der Waals surface area contributed by atoms with Gasteiger partial charge in [-0.25, -0.2) is 4.18 Å². The third-order valence-electron chi connectivity index (χ3n) is 20.2. The van der Waals surface area contributed by atoms with Crippen LogP contribution in [0.5, 0.6) is 0 Å². The number of aliphatic hydroxyl groups is 8. The number of aliphatic hydroxyl groups excluding tert-OH is 8. The first-order chi connectivity index (χ1) is 37.9. The standard InChI is InChI=1S/C55H86O25S/c1-24(2)12-11-17-54(9)45-30(73-26(4)57)20-53(8)28-13-14-33-51(5,6)34(16-18-52(33,7)27(28)15-19-55(45,53)50(65)79-54)75-49-44(36(60)32(23-71-49)80-81(66,67)68)78-47-38(62)37(61)41(25(3)72-47)76-46-39(63)42(29(58)22-70-46)77-48-40(64)43(69-10)35(59)31(21-56)74-48/h12-13,25,27,29-49,56,58-64H,11,14-23H2,1-10H3,(H,66,67,68)/t25?,27?,29?,30-,31?,32?,33?,34+,35?,36?,37?,38?,39?,40?,41?,42?,43?,44?,45-,46?,47?,48?,49?,52-,53+,54+,55-/m1/s1. The first-order valence-electron chi connectivity index (χ1n) is 28.3. The summed E-state index contributed by atoms with van der Waals surface area (Å²) in [6.45, 7) is 15.8. The smallest absolute Gasteiger partial charge is 0.397 e. The average molecular weight is 1180 g/mol. The molecule has 25 nitrogen and oxygen atoms in total. The third-order valence-corrected chi connectivity index (χ3v) is 20.6. The quantitative estimate of drug-likeness (QED) is 0.0581. The molecule has 5 saturated heterocycles. The van der Waals surface area contributed by atoms with Crippen molar-refractivity contribution in [3.8, 4) is 0 Å². The van der Waals surface area contributed by atoms with Crippen LogP contribution in [0, 0.1) is 39.4 Å². The summed E-state index contributed by atoms with van der Waals surface area (Å²) in [4.78, 5) is 27.4. The molecule has 0 amide bonds. The molecule has 5 aliphatic heterocycles. The molecule has 0 aromatic rings. The van der Waals surface area contributed by atoms with Gasteiger partial charge in [0.15, 0.2) is 25.2 Å². The summed E-state index contributed by atoms with van der Waals surface area (Å²) in [6.07, 6.45) is -20.9. The number of hydrogen-bond acceptors (Lipinski definition) is 24. The summed E-state index contributed by atoms with van der Waals surface area (Å²) in [5, 5.41) is 88.4. The Morgan fingerprint density at radius 2 is 1.42 bits per heavy atom. The molecule has 0 bridgehead atoms. The highest BCUT2D eigenvalue weighted by Crippen LogP contribution is 2.77. The molecule has 0 radical (unpaired) electrons. The predicted octanol–water partition coefficient (Wildman–Crippen LogP) is 0.620. The molecule has 462 valence electrons. The van der Waals surface area contributed by atoms with Gasteiger partial charge in [0.25, 0.3) is 0 Å². The van der Waals surface area contributed by atoms with Gasteiger partial charge in [0.1, 0.15) is 91.1 Å². The maximum absolute atomic E-state index is 14.7. The summed E-state index contributed by atoms with van der Waals surface area (Å²) in [5.74, 6) is -0.962. The van der Waals surface area contributed by atoms with Gasteiger partial charge in [-0.2, -0.15) is 8.42 Å². The molecule has 0 aromatic carbocycles. The summed E-state index contributed by atoms with van der Waals surface area (Å²) in [7, 11) is -3.95. The van der Waals surface area contributed by atoms with E-state index >= 15 is 0 Å². The normalized spacial score (nSPS) is 49.5. The van der Waals surface area contributed by atoms with Crippen molar-refractivity contribution >= 4 is 22.3 Å².